The number of ether oxygens (including phenoxy) is 2. The maximum absolute atomic E-state index is 13.1. The Balaban J connectivity index is 1.37. The summed E-state index contributed by atoms with van der Waals surface area (Å²) in [5.41, 5.74) is 1.31. The van der Waals surface area contributed by atoms with Crippen LogP contribution < -0.4 is 9.47 Å². The molecule has 4 rings (SSSR count). The van der Waals surface area contributed by atoms with E-state index in [0.717, 1.165) is 32.5 Å². The average Bonchev–Trinajstić information content (AvgIpc) is 2.98. The molecule has 2 aliphatic heterocycles. The SMILES string of the molecule is O=S(=O)(c1ccc2c(c1)OCCCO2)N1CCN(CCc2ccccc2)CC1. The van der Waals surface area contributed by atoms with Crippen LogP contribution in [0.1, 0.15) is 12.0 Å². The number of piperazine rings is 1. The Bertz CT molecular complexity index is 894. The first-order valence-corrected chi connectivity index (χ1v) is 11.2. The van der Waals surface area contributed by atoms with Gasteiger partial charge in [-0.2, -0.15) is 4.31 Å². The number of fused-ring (bicyclic) bond motifs is 1. The number of hydrogen-bond acceptors (Lipinski definition) is 5. The van der Waals surface area contributed by atoms with Crippen LogP contribution >= 0.6 is 0 Å². The van der Waals surface area contributed by atoms with E-state index in [0.29, 0.717) is 37.8 Å². The van der Waals surface area contributed by atoms with Gasteiger partial charge < -0.3 is 14.4 Å². The quantitative estimate of drug-likeness (QED) is 0.769. The first-order chi connectivity index (χ1) is 13.6. The van der Waals surface area contributed by atoms with E-state index >= 15 is 0 Å². The zero-order valence-corrected chi connectivity index (χ0v) is 16.7. The summed E-state index contributed by atoms with van der Waals surface area (Å²) in [5.74, 6) is 1.13. The lowest BCUT2D eigenvalue weighted by Gasteiger charge is -2.34. The number of sulfonamides is 1. The Morgan fingerprint density at radius 1 is 0.857 bits per heavy atom. The Hall–Kier alpha value is -2.09. The molecular weight excluding hydrogens is 376 g/mol. The van der Waals surface area contributed by atoms with Gasteiger partial charge in [-0.05, 0) is 24.1 Å². The lowest BCUT2D eigenvalue weighted by Crippen LogP contribution is -2.49. The van der Waals surface area contributed by atoms with E-state index in [9.17, 15) is 8.42 Å². The number of benzene rings is 2. The van der Waals surface area contributed by atoms with Crippen LogP contribution in [0.5, 0.6) is 11.5 Å². The van der Waals surface area contributed by atoms with Gasteiger partial charge in [0, 0.05) is 45.2 Å². The van der Waals surface area contributed by atoms with E-state index in [-0.39, 0.29) is 4.90 Å². The van der Waals surface area contributed by atoms with Crippen molar-refractivity contribution in [1.82, 2.24) is 9.21 Å². The highest BCUT2D eigenvalue weighted by Gasteiger charge is 2.29. The zero-order valence-electron chi connectivity index (χ0n) is 15.9. The van der Waals surface area contributed by atoms with E-state index in [4.69, 9.17) is 9.47 Å². The fourth-order valence-electron chi connectivity index (χ4n) is 3.58. The van der Waals surface area contributed by atoms with E-state index < -0.39 is 10.0 Å². The van der Waals surface area contributed by atoms with Gasteiger partial charge in [0.25, 0.3) is 0 Å². The molecule has 2 aliphatic rings. The molecule has 7 heteroatoms. The summed E-state index contributed by atoms with van der Waals surface area (Å²) in [4.78, 5) is 2.60. The van der Waals surface area contributed by atoms with Gasteiger partial charge in [-0.25, -0.2) is 8.42 Å². The van der Waals surface area contributed by atoms with Crippen molar-refractivity contribution in [2.45, 2.75) is 17.7 Å². The van der Waals surface area contributed by atoms with Crippen LogP contribution in [0, 0.1) is 0 Å². The van der Waals surface area contributed by atoms with E-state index in [1.54, 1.807) is 22.5 Å². The molecule has 0 radical (unpaired) electrons. The molecule has 2 aromatic rings. The van der Waals surface area contributed by atoms with Crippen LogP contribution in [-0.2, 0) is 16.4 Å². The fourth-order valence-corrected chi connectivity index (χ4v) is 5.02. The molecule has 0 saturated carbocycles. The molecule has 2 aromatic carbocycles. The van der Waals surface area contributed by atoms with Crippen LogP contribution in [-0.4, -0.2) is 63.6 Å². The summed E-state index contributed by atoms with van der Waals surface area (Å²) in [6.45, 7) is 4.58. The van der Waals surface area contributed by atoms with Crippen molar-refractivity contribution in [3.8, 4) is 11.5 Å². The Morgan fingerprint density at radius 3 is 2.32 bits per heavy atom. The molecule has 1 fully saturated rings. The third-order valence-corrected chi connectivity index (χ3v) is 7.14. The van der Waals surface area contributed by atoms with Crippen LogP contribution in [0.3, 0.4) is 0 Å². The number of rotatable bonds is 5. The van der Waals surface area contributed by atoms with Gasteiger partial charge in [-0.3, -0.25) is 0 Å². The molecule has 0 bridgehead atoms. The van der Waals surface area contributed by atoms with Crippen molar-refractivity contribution in [2.24, 2.45) is 0 Å². The van der Waals surface area contributed by atoms with Crippen molar-refractivity contribution >= 4 is 10.0 Å². The van der Waals surface area contributed by atoms with Crippen LogP contribution in [0.2, 0.25) is 0 Å². The highest BCUT2D eigenvalue weighted by Crippen LogP contribution is 2.33. The maximum atomic E-state index is 13.1. The standard InChI is InChI=1S/C21H26N2O4S/c24-28(25,19-7-8-20-21(17-19)27-16-4-15-26-20)23-13-11-22(12-14-23)10-9-18-5-2-1-3-6-18/h1-3,5-8,17H,4,9-16H2. The number of hydrogen-bond donors (Lipinski definition) is 0. The van der Waals surface area contributed by atoms with Gasteiger partial charge in [-0.1, -0.05) is 30.3 Å². The van der Waals surface area contributed by atoms with Gasteiger partial charge in [0.15, 0.2) is 11.5 Å². The van der Waals surface area contributed by atoms with Gasteiger partial charge in [0.1, 0.15) is 0 Å². The minimum atomic E-state index is -3.53. The Labute approximate surface area is 166 Å². The molecule has 0 spiro atoms. The normalized spacial score (nSPS) is 18.6. The first-order valence-electron chi connectivity index (χ1n) is 9.79. The monoisotopic (exact) mass is 402 g/mol. The first kappa shape index (κ1) is 19.2. The Morgan fingerprint density at radius 2 is 1.57 bits per heavy atom. The molecule has 0 aromatic heterocycles. The molecule has 2 heterocycles. The predicted octanol–water partition coefficient (Wildman–Crippen LogP) is 2.40. The second-order valence-electron chi connectivity index (χ2n) is 7.14. The number of nitrogens with zero attached hydrogens (tertiary/aromatic N) is 2. The van der Waals surface area contributed by atoms with Gasteiger partial charge in [0.05, 0.1) is 18.1 Å². The summed E-state index contributed by atoms with van der Waals surface area (Å²) >= 11 is 0. The molecular formula is C21H26N2O4S. The summed E-state index contributed by atoms with van der Waals surface area (Å²) in [7, 11) is -3.53. The zero-order chi connectivity index (χ0) is 19.4. The summed E-state index contributed by atoms with van der Waals surface area (Å²) < 4.78 is 38.9. The second-order valence-corrected chi connectivity index (χ2v) is 9.08. The lowest BCUT2D eigenvalue weighted by atomic mass is 10.1. The lowest BCUT2D eigenvalue weighted by molar-refractivity contribution is 0.190. The van der Waals surface area contributed by atoms with E-state index in [1.165, 1.54) is 5.56 Å². The predicted molar refractivity (Wildman–Crippen MR) is 107 cm³/mol. The van der Waals surface area contributed by atoms with Crippen LogP contribution in [0.15, 0.2) is 53.4 Å². The van der Waals surface area contributed by atoms with Crippen LogP contribution in [0.4, 0.5) is 0 Å². The molecule has 150 valence electrons. The molecule has 1 saturated heterocycles. The van der Waals surface area contributed by atoms with Gasteiger partial charge >= 0.3 is 0 Å². The molecule has 0 atom stereocenters. The van der Waals surface area contributed by atoms with Crippen molar-refractivity contribution in [3.63, 3.8) is 0 Å². The highest BCUT2D eigenvalue weighted by molar-refractivity contribution is 7.89. The molecule has 6 nitrogen and oxygen atoms in total. The fraction of sp³-hybridized carbons (Fsp3) is 0.429. The van der Waals surface area contributed by atoms with E-state index in [2.05, 4.69) is 29.2 Å². The minimum absolute atomic E-state index is 0.273. The summed E-state index contributed by atoms with van der Waals surface area (Å²) in [5, 5.41) is 0. The van der Waals surface area contributed by atoms with Crippen molar-refractivity contribution in [3.05, 3.63) is 54.1 Å². The molecule has 0 amide bonds. The average molecular weight is 403 g/mol. The summed E-state index contributed by atoms with van der Waals surface area (Å²) in [6.07, 6.45) is 1.78. The third-order valence-electron chi connectivity index (χ3n) is 5.25. The largest absolute Gasteiger partial charge is 0.490 e. The van der Waals surface area contributed by atoms with Gasteiger partial charge in [0.2, 0.25) is 10.0 Å². The Kier molecular flexibility index (Phi) is 5.85. The summed E-state index contributed by atoms with van der Waals surface area (Å²) in [6, 6.07) is 15.3. The van der Waals surface area contributed by atoms with Crippen molar-refractivity contribution in [1.29, 1.82) is 0 Å². The molecule has 28 heavy (non-hydrogen) atoms. The topological polar surface area (TPSA) is 59.1 Å². The van der Waals surface area contributed by atoms with Crippen molar-refractivity contribution < 1.29 is 17.9 Å². The minimum Gasteiger partial charge on any atom is -0.490 e. The van der Waals surface area contributed by atoms with Gasteiger partial charge in [-0.15, -0.1) is 0 Å². The van der Waals surface area contributed by atoms with E-state index in [1.807, 2.05) is 6.07 Å². The molecule has 0 unspecified atom stereocenters. The highest BCUT2D eigenvalue weighted by atomic mass is 32.2. The second kappa shape index (κ2) is 8.51. The third kappa shape index (κ3) is 4.32. The molecule has 0 N–H and O–H groups in total. The van der Waals surface area contributed by atoms with Crippen LogP contribution in [0.25, 0.3) is 0 Å². The smallest absolute Gasteiger partial charge is 0.243 e. The van der Waals surface area contributed by atoms with Crippen molar-refractivity contribution in [2.75, 3.05) is 45.9 Å². The molecule has 0 aliphatic carbocycles. The maximum Gasteiger partial charge on any atom is 0.243 e.